The monoisotopic (exact) mass is 345 g/mol. The minimum atomic E-state index is -0.286. The van der Waals surface area contributed by atoms with Gasteiger partial charge in [0.1, 0.15) is 5.82 Å². The molecule has 25 heavy (non-hydrogen) atoms. The molecule has 0 radical (unpaired) electrons. The average Bonchev–Trinajstić information content (AvgIpc) is 3.09. The van der Waals surface area contributed by atoms with Gasteiger partial charge in [0, 0.05) is 31.6 Å². The Balaban J connectivity index is 1.46. The quantitative estimate of drug-likeness (QED) is 0.512. The first-order valence-electron chi connectivity index (χ1n) is 8.75. The number of benzene rings is 1. The molecule has 7 heteroatoms. The zero-order chi connectivity index (χ0) is 17.6. The van der Waals surface area contributed by atoms with Crippen molar-refractivity contribution in [3.63, 3.8) is 0 Å². The second-order valence-electron chi connectivity index (χ2n) is 6.53. The van der Waals surface area contributed by atoms with Crippen LogP contribution in [-0.4, -0.2) is 40.6 Å². The number of halogens is 1. The summed E-state index contributed by atoms with van der Waals surface area (Å²) in [6.45, 7) is 4.88. The molecule has 1 aromatic carbocycles. The standard InChI is InChI=1S/C18H24FN5O/c1-13-8-11-24(12-9-13)18(20)21-10-2-3-16-22-17(23-25-16)14-4-6-15(19)7-5-14/h4-7,13H,2-3,8-12H2,1H3,(H2,20,21). The number of aryl methyl sites for hydroxylation is 1. The van der Waals surface area contributed by atoms with Crippen molar-refractivity contribution in [2.75, 3.05) is 19.6 Å². The number of guanidine groups is 1. The molecule has 1 aromatic heterocycles. The molecule has 6 nitrogen and oxygen atoms in total. The molecule has 1 saturated heterocycles. The number of piperidine rings is 1. The van der Waals surface area contributed by atoms with Gasteiger partial charge in [-0.25, -0.2) is 4.39 Å². The Morgan fingerprint density at radius 3 is 2.76 bits per heavy atom. The van der Waals surface area contributed by atoms with Crippen molar-refractivity contribution in [1.82, 2.24) is 15.0 Å². The van der Waals surface area contributed by atoms with Crippen LogP contribution in [0.5, 0.6) is 0 Å². The fourth-order valence-electron chi connectivity index (χ4n) is 2.83. The fraction of sp³-hybridized carbons (Fsp3) is 0.500. The number of aliphatic imine (C=N–C) groups is 1. The van der Waals surface area contributed by atoms with Gasteiger partial charge in [0.05, 0.1) is 0 Å². The Labute approximate surface area is 146 Å². The Morgan fingerprint density at radius 2 is 2.04 bits per heavy atom. The molecule has 134 valence electrons. The molecule has 1 aliphatic heterocycles. The molecule has 0 bridgehead atoms. The van der Waals surface area contributed by atoms with Gasteiger partial charge >= 0.3 is 0 Å². The van der Waals surface area contributed by atoms with Crippen LogP contribution < -0.4 is 5.73 Å². The molecule has 2 N–H and O–H groups in total. The maximum absolute atomic E-state index is 12.9. The molecule has 2 heterocycles. The van der Waals surface area contributed by atoms with Crippen molar-refractivity contribution >= 4 is 5.96 Å². The van der Waals surface area contributed by atoms with E-state index < -0.39 is 0 Å². The van der Waals surface area contributed by atoms with Crippen LogP contribution in [0.25, 0.3) is 11.4 Å². The molecule has 1 aliphatic rings. The minimum absolute atomic E-state index is 0.286. The predicted molar refractivity (Wildman–Crippen MR) is 94.5 cm³/mol. The first kappa shape index (κ1) is 17.4. The van der Waals surface area contributed by atoms with Crippen molar-refractivity contribution in [2.24, 2.45) is 16.6 Å². The van der Waals surface area contributed by atoms with Gasteiger partial charge in [0.2, 0.25) is 11.7 Å². The Bertz CT molecular complexity index is 705. The molecular weight excluding hydrogens is 321 g/mol. The molecule has 0 amide bonds. The van der Waals surface area contributed by atoms with E-state index in [4.69, 9.17) is 10.3 Å². The van der Waals surface area contributed by atoms with Crippen molar-refractivity contribution in [1.29, 1.82) is 0 Å². The van der Waals surface area contributed by atoms with Crippen molar-refractivity contribution in [3.8, 4) is 11.4 Å². The summed E-state index contributed by atoms with van der Waals surface area (Å²) in [4.78, 5) is 10.9. The summed E-state index contributed by atoms with van der Waals surface area (Å²) in [6, 6.07) is 6.03. The number of nitrogens with two attached hydrogens (primary N) is 1. The van der Waals surface area contributed by atoms with E-state index in [1.165, 1.54) is 25.0 Å². The summed E-state index contributed by atoms with van der Waals surface area (Å²) in [7, 11) is 0. The number of hydrogen-bond acceptors (Lipinski definition) is 4. The van der Waals surface area contributed by atoms with Crippen molar-refractivity contribution in [3.05, 3.63) is 36.0 Å². The fourth-order valence-corrected chi connectivity index (χ4v) is 2.83. The van der Waals surface area contributed by atoms with Crippen LogP contribution in [0, 0.1) is 11.7 Å². The number of likely N-dealkylation sites (tertiary alicyclic amines) is 1. The van der Waals surface area contributed by atoms with Crippen LogP contribution in [0.4, 0.5) is 4.39 Å². The molecule has 0 spiro atoms. The lowest BCUT2D eigenvalue weighted by Gasteiger charge is -2.31. The minimum Gasteiger partial charge on any atom is -0.370 e. The summed E-state index contributed by atoms with van der Waals surface area (Å²) < 4.78 is 18.2. The molecule has 0 atom stereocenters. The maximum Gasteiger partial charge on any atom is 0.227 e. The second-order valence-corrected chi connectivity index (χ2v) is 6.53. The molecule has 3 rings (SSSR count). The van der Waals surface area contributed by atoms with Gasteiger partial charge in [-0.1, -0.05) is 12.1 Å². The first-order chi connectivity index (χ1) is 12.1. The van der Waals surface area contributed by atoms with Crippen LogP contribution in [-0.2, 0) is 6.42 Å². The lowest BCUT2D eigenvalue weighted by molar-refractivity contribution is 0.277. The van der Waals surface area contributed by atoms with Gasteiger partial charge in [0.25, 0.3) is 0 Å². The number of aromatic nitrogens is 2. The third-order valence-corrected chi connectivity index (χ3v) is 4.50. The van der Waals surface area contributed by atoms with E-state index >= 15 is 0 Å². The van der Waals surface area contributed by atoms with E-state index in [0.717, 1.165) is 31.0 Å². The number of hydrogen-bond donors (Lipinski definition) is 1. The van der Waals surface area contributed by atoms with Gasteiger partial charge in [-0.15, -0.1) is 0 Å². The molecule has 0 unspecified atom stereocenters. The molecule has 0 aliphatic carbocycles. The summed E-state index contributed by atoms with van der Waals surface area (Å²) in [5, 5.41) is 3.93. The van der Waals surface area contributed by atoms with Gasteiger partial charge in [-0.05, 0) is 49.4 Å². The summed E-state index contributed by atoms with van der Waals surface area (Å²) in [5.41, 5.74) is 6.79. The lowest BCUT2D eigenvalue weighted by Crippen LogP contribution is -2.42. The summed E-state index contributed by atoms with van der Waals surface area (Å²) >= 11 is 0. The van der Waals surface area contributed by atoms with E-state index in [1.807, 2.05) is 0 Å². The molecule has 0 saturated carbocycles. The van der Waals surface area contributed by atoms with E-state index in [0.29, 0.717) is 30.6 Å². The van der Waals surface area contributed by atoms with Crippen LogP contribution in [0.1, 0.15) is 32.1 Å². The second kappa shape index (κ2) is 8.09. The Hall–Kier alpha value is -2.44. The van der Waals surface area contributed by atoms with E-state index in [2.05, 4.69) is 27.0 Å². The topological polar surface area (TPSA) is 80.5 Å². The highest BCUT2D eigenvalue weighted by Crippen LogP contribution is 2.17. The zero-order valence-electron chi connectivity index (χ0n) is 14.5. The van der Waals surface area contributed by atoms with Crippen molar-refractivity contribution in [2.45, 2.75) is 32.6 Å². The zero-order valence-corrected chi connectivity index (χ0v) is 14.5. The number of nitrogens with zero attached hydrogens (tertiary/aromatic N) is 4. The van der Waals surface area contributed by atoms with Crippen LogP contribution in [0.2, 0.25) is 0 Å². The van der Waals surface area contributed by atoms with Gasteiger partial charge in [-0.3, -0.25) is 4.99 Å². The highest BCUT2D eigenvalue weighted by molar-refractivity contribution is 5.78. The van der Waals surface area contributed by atoms with Crippen LogP contribution in [0.3, 0.4) is 0 Å². The molecule has 1 fully saturated rings. The van der Waals surface area contributed by atoms with Crippen LogP contribution in [0.15, 0.2) is 33.8 Å². The Morgan fingerprint density at radius 1 is 1.32 bits per heavy atom. The average molecular weight is 345 g/mol. The third-order valence-electron chi connectivity index (χ3n) is 4.50. The summed E-state index contributed by atoms with van der Waals surface area (Å²) in [5.74, 6) is 2.15. The molecule has 2 aromatic rings. The molecular formula is C18H24FN5O. The highest BCUT2D eigenvalue weighted by atomic mass is 19.1. The van der Waals surface area contributed by atoms with Gasteiger partial charge in [-0.2, -0.15) is 4.98 Å². The number of rotatable bonds is 5. The van der Waals surface area contributed by atoms with Gasteiger partial charge < -0.3 is 15.2 Å². The Kier molecular flexibility index (Phi) is 5.63. The first-order valence-corrected chi connectivity index (χ1v) is 8.75. The predicted octanol–water partition coefficient (Wildman–Crippen LogP) is 2.85. The van der Waals surface area contributed by atoms with E-state index in [9.17, 15) is 4.39 Å². The lowest BCUT2D eigenvalue weighted by atomic mass is 10.00. The maximum atomic E-state index is 12.9. The highest BCUT2D eigenvalue weighted by Gasteiger charge is 2.16. The van der Waals surface area contributed by atoms with Crippen LogP contribution >= 0.6 is 0 Å². The van der Waals surface area contributed by atoms with Crippen molar-refractivity contribution < 1.29 is 8.91 Å². The third kappa shape index (κ3) is 4.78. The van der Waals surface area contributed by atoms with Gasteiger partial charge in [0.15, 0.2) is 5.96 Å². The van der Waals surface area contributed by atoms with E-state index in [1.54, 1.807) is 12.1 Å². The SMILES string of the molecule is CC1CCN(C(N)=NCCCc2nc(-c3ccc(F)cc3)no2)CC1. The van der Waals surface area contributed by atoms with E-state index in [-0.39, 0.29) is 5.82 Å². The smallest absolute Gasteiger partial charge is 0.227 e. The summed E-state index contributed by atoms with van der Waals surface area (Å²) in [6.07, 6.45) is 3.77. The largest absolute Gasteiger partial charge is 0.370 e. The normalized spacial score (nSPS) is 16.4.